The predicted octanol–water partition coefficient (Wildman–Crippen LogP) is 2.89. The van der Waals surface area contributed by atoms with Crippen LogP contribution in [0.3, 0.4) is 0 Å². The van der Waals surface area contributed by atoms with E-state index >= 15 is 0 Å². The minimum Gasteiger partial charge on any atom is -0.352 e. The molecule has 142 valence electrons. The molecule has 0 spiro atoms. The maximum absolute atomic E-state index is 12.6. The normalized spacial score (nSPS) is 15.3. The Labute approximate surface area is 160 Å². The van der Waals surface area contributed by atoms with Crippen molar-refractivity contribution in [3.8, 4) is 0 Å². The molecule has 2 aromatic carbocycles. The third-order valence-electron chi connectivity index (χ3n) is 4.98. The number of likely N-dealkylation sites (tertiary alicyclic amines) is 1. The molecule has 0 radical (unpaired) electrons. The second-order valence-electron chi connectivity index (χ2n) is 6.99. The van der Waals surface area contributed by atoms with E-state index in [1.165, 1.54) is 25.3 Å². The first kappa shape index (κ1) is 19.1. The first-order valence-electron chi connectivity index (χ1n) is 9.54. The summed E-state index contributed by atoms with van der Waals surface area (Å²) in [5, 5.41) is 5.85. The zero-order valence-corrected chi connectivity index (χ0v) is 15.8. The molecule has 27 heavy (non-hydrogen) atoms. The summed E-state index contributed by atoms with van der Waals surface area (Å²) in [4.78, 5) is 26.0. The average Bonchev–Trinajstić information content (AvgIpc) is 3.22. The van der Waals surface area contributed by atoms with Gasteiger partial charge in [0.15, 0.2) is 0 Å². The molecule has 2 amide bonds. The Morgan fingerprint density at radius 3 is 2.26 bits per heavy atom. The maximum Gasteiger partial charge on any atom is 0.251 e. The van der Waals surface area contributed by atoms with Gasteiger partial charge in [0.2, 0.25) is 5.91 Å². The zero-order valence-electron chi connectivity index (χ0n) is 15.8. The number of carbonyl (C=O) groups excluding carboxylic acids is 2. The Kier molecular flexibility index (Phi) is 6.60. The number of nitrogens with zero attached hydrogens (tertiary/aromatic N) is 1. The van der Waals surface area contributed by atoms with Gasteiger partial charge in [0.25, 0.3) is 5.91 Å². The van der Waals surface area contributed by atoms with Crippen LogP contribution in [0.15, 0.2) is 54.6 Å². The summed E-state index contributed by atoms with van der Waals surface area (Å²) in [7, 11) is 0. The fourth-order valence-corrected chi connectivity index (χ4v) is 3.48. The molecule has 1 aliphatic heterocycles. The van der Waals surface area contributed by atoms with Crippen LogP contribution >= 0.6 is 0 Å². The fraction of sp³-hybridized carbons (Fsp3) is 0.364. The first-order valence-corrected chi connectivity index (χ1v) is 9.54. The van der Waals surface area contributed by atoms with Gasteiger partial charge in [-0.1, -0.05) is 42.5 Å². The van der Waals surface area contributed by atoms with E-state index < -0.39 is 0 Å². The molecule has 0 saturated carbocycles. The molecule has 5 heteroatoms. The molecule has 0 aromatic heterocycles. The number of rotatable bonds is 7. The number of carbonyl (C=O) groups is 2. The van der Waals surface area contributed by atoms with Crippen LogP contribution in [-0.2, 0) is 11.3 Å². The molecule has 2 aromatic rings. The number of benzene rings is 2. The topological polar surface area (TPSA) is 61.4 Å². The highest BCUT2D eigenvalue weighted by atomic mass is 16.2. The summed E-state index contributed by atoms with van der Waals surface area (Å²) < 4.78 is 0. The molecule has 0 bridgehead atoms. The predicted molar refractivity (Wildman–Crippen MR) is 106 cm³/mol. The Morgan fingerprint density at radius 1 is 0.963 bits per heavy atom. The lowest BCUT2D eigenvalue weighted by molar-refractivity contribution is -0.119. The molecule has 0 aliphatic carbocycles. The van der Waals surface area contributed by atoms with Gasteiger partial charge in [0.1, 0.15) is 0 Å². The van der Waals surface area contributed by atoms with Crippen molar-refractivity contribution < 1.29 is 9.59 Å². The van der Waals surface area contributed by atoms with E-state index in [1.807, 2.05) is 30.3 Å². The van der Waals surface area contributed by atoms with Crippen LogP contribution in [0, 0.1) is 0 Å². The summed E-state index contributed by atoms with van der Waals surface area (Å²) in [6.45, 7) is 4.71. The first-order chi connectivity index (χ1) is 13.1. The van der Waals surface area contributed by atoms with Crippen LogP contribution in [0.2, 0.25) is 0 Å². The molecule has 1 fully saturated rings. The molecule has 2 N–H and O–H groups in total. The third kappa shape index (κ3) is 5.41. The minimum absolute atomic E-state index is 0.0642. The van der Waals surface area contributed by atoms with Gasteiger partial charge in [0.05, 0.1) is 6.04 Å². The molecule has 1 saturated heterocycles. The molecule has 3 rings (SSSR count). The molecular weight excluding hydrogens is 338 g/mol. The van der Waals surface area contributed by atoms with Gasteiger partial charge in [-0.05, 0) is 49.2 Å². The Balaban J connectivity index is 1.61. The maximum atomic E-state index is 12.6. The summed E-state index contributed by atoms with van der Waals surface area (Å²) in [5.74, 6) is -0.133. The van der Waals surface area contributed by atoms with Crippen molar-refractivity contribution in [3.05, 3.63) is 71.3 Å². The van der Waals surface area contributed by atoms with Crippen molar-refractivity contribution in [2.24, 2.45) is 0 Å². The van der Waals surface area contributed by atoms with Crippen LogP contribution in [0.4, 0.5) is 0 Å². The van der Waals surface area contributed by atoms with Gasteiger partial charge in [0, 0.05) is 25.6 Å². The van der Waals surface area contributed by atoms with E-state index in [-0.39, 0.29) is 17.9 Å². The van der Waals surface area contributed by atoms with Crippen molar-refractivity contribution in [1.82, 2.24) is 15.5 Å². The monoisotopic (exact) mass is 365 g/mol. The van der Waals surface area contributed by atoms with Gasteiger partial charge in [-0.3, -0.25) is 14.5 Å². The molecule has 1 atom stereocenters. The van der Waals surface area contributed by atoms with Crippen molar-refractivity contribution in [2.75, 3.05) is 19.6 Å². The van der Waals surface area contributed by atoms with Gasteiger partial charge in [-0.25, -0.2) is 0 Å². The van der Waals surface area contributed by atoms with Crippen LogP contribution in [0.1, 0.15) is 47.3 Å². The van der Waals surface area contributed by atoms with E-state index in [4.69, 9.17) is 0 Å². The van der Waals surface area contributed by atoms with E-state index in [2.05, 4.69) is 27.7 Å². The quantitative estimate of drug-likeness (QED) is 0.793. The second-order valence-corrected chi connectivity index (χ2v) is 6.99. The molecule has 0 unspecified atom stereocenters. The van der Waals surface area contributed by atoms with E-state index in [0.29, 0.717) is 18.7 Å². The molecular formula is C22H27N3O2. The lowest BCUT2D eigenvalue weighted by Crippen LogP contribution is -2.36. The number of nitrogens with one attached hydrogen (secondary N) is 2. The van der Waals surface area contributed by atoms with E-state index in [1.54, 1.807) is 12.1 Å². The second kappa shape index (κ2) is 9.33. The third-order valence-corrected chi connectivity index (χ3v) is 4.98. The van der Waals surface area contributed by atoms with E-state index in [0.717, 1.165) is 18.7 Å². The highest BCUT2D eigenvalue weighted by Gasteiger charge is 2.23. The van der Waals surface area contributed by atoms with E-state index in [9.17, 15) is 9.59 Å². The zero-order chi connectivity index (χ0) is 19.1. The van der Waals surface area contributed by atoms with Gasteiger partial charge < -0.3 is 10.6 Å². The Morgan fingerprint density at radius 2 is 1.63 bits per heavy atom. The van der Waals surface area contributed by atoms with Crippen molar-refractivity contribution in [2.45, 2.75) is 32.4 Å². The fourth-order valence-electron chi connectivity index (χ4n) is 3.48. The van der Waals surface area contributed by atoms with Crippen molar-refractivity contribution in [3.63, 3.8) is 0 Å². The number of amides is 2. The smallest absolute Gasteiger partial charge is 0.251 e. The minimum atomic E-state index is -0.0683. The average molecular weight is 365 g/mol. The standard InChI is InChI=1S/C22H27N3O2/c1-17(26)23-15-18-9-11-20(12-10-18)22(27)24-16-21(25-13-5-6-14-25)19-7-3-2-4-8-19/h2-4,7-12,21H,5-6,13-16H2,1H3,(H,23,26)(H,24,27)/t21-/m1/s1. The molecule has 1 aliphatic rings. The Bertz CT molecular complexity index is 753. The molecule has 1 heterocycles. The van der Waals surface area contributed by atoms with Crippen molar-refractivity contribution in [1.29, 1.82) is 0 Å². The highest BCUT2D eigenvalue weighted by Crippen LogP contribution is 2.24. The lowest BCUT2D eigenvalue weighted by Gasteiger charge is -2.28. The van der Waals surface area contributed by atoms with Crippen LogP contribution in [0.5, 0.6) is 0 Å². The summed E-state index contributed by atoms with van der Waals surface area (Å²) >= 11 is 0. The largest absolute Gasteiger partial charge is 0.352 e. The van der Waals surface area contributed by atoms with Gasteiger partial charge in [-0.2, -0.15) is 0 Å². The van der Waals surface area contributed by atoms with Crippen LogP contribution in [-0.4, -0.2) is 36.3 Å². The summed E-state index contributed by atoms with van der Waals surface area (Å²) in [5.41, 5.74) is 2.85. The van der Waals surface area contributed by atoms with Crippen LogP contribution in [0.25, 0.3) is 0 Å². The van der Waals surface area contributed by atoms with Crippen LogP contribution < -0.4 is 10.6 Å². The van der Waals surface area contributed by atoms with Gasteiger partial charge >= 0.3 is 0 Å². The van der Waals surface area contributed by atoms with Gasteiger partial charge in [-0.15, -0.1) is 0 Å². The lowest BCUT2D eigenvalue weighted by atomic mass is 10.1. The SMILES string of the molecule is CC(=O)NCc1ccc(C(=O)NC[C@H](c2ccccc2)N2CCCC2)cc1. The molecule has 5 nitrogen and oxygen atoms in total. The summed E-state index contributed by atoms with van der Waals surface area (Å²) in [6.07, 6.45) is 2.43. The van der Waals surface area contributed by atoms with Crippen molar-refractivity contribution >= 4 is 11.8 Å². The highest BCUT2D eigenvalue weighted by molar-refractivity contribution is 5.94. The number of hydrogen-bond acceptors (Lipinski definition) is 3. The summed E-state index contributed by atoms with van der Waals surface area (Å²) in [6, 6.07) is 17.9. The number of hydrogen-bond donors (Lipinski definition) is 2. The Hall–Kier alpha value is -2.66.